The number of hydrazone groups is 1. The average Bonchev–Trinajstić information content (AvgIpc) is 2.97. The molecule has 9 nitrogen and oxygen atoms in total. The van der Waals surface area contributed by atoms with E-state index in [9.17, 15) is 9.59 Å². The van der Waals surface area contributed by atoms with Crippen LogP contribution < -0.4 is 16.1 Å². The maximum absolute atomic E-state index is 12.7. The number of anilines is 1. The van der Waals surface area contributed by atoms with Crippen LogP contribution in [0.1, 0.15) is 58.6 Å². The van der Waals surface area contributed by atoms with Gasteiger partial charge in [-0.25, -0.2) is 9.78 Å². The summed E-state index contributed by atoms with van der Waals surface area (Å²) in [7, 11) is 5.11. The van der Waals surface area contributed by atoms with Gasteiger partial charge in [0.2, 0.25) is 5.82 Å². The van der Waals surface area contributed by atoms with Gasteiger partial charge in [0.25, 0.3) is 5.91 Å². The number of hydrogen-bond acceptors (Lipinski definition) is 8. The Morgan fingerprint density at radius 1 is 1.29 bits per heavy atom. The number of imidazole rings is 1. The Hall–Kier alpha value is -2.14. The van der Waals surface area contributed by atoms with Crippen molar-refractivity contribution in [3.05, 3.63) is 24.2 Å². The molecular weight excluding hydrogens is 436 g/mol. The van der Waals surface area contributed by atoms with Crippen LogP contribution in [0.5, 0.6) is 0 Å². The lowest BCUT2D eigenvalue weighted by Crippen LogP contribution is -2.35. The third kappa shape index (κ3) is 10.6. The van der Waals surface area contributed by atoms with E-state index in [4.69, 9.17) is 4.74 Å². The van der Waals surface area contributed by atoms with Crippen molar-refractivity contribution in [3.8, 4) is 0 Å². The van der Waals surface area contributed by atoms with E-state index in [1.807, 2.05) is 19.3 Å². The van der Waals surface area contributed by atoms with Crippen molar-refractivity contribution in [2.24, 2.45) is 12.1 Å². The van der Waals surface area contributed by atoms with Crippen LogP contribution in [0.4, 0.5) is 10.6 Å². The summed E-state index contributed by atoms with van der Waals surface area (Å²) in [6, 6.07) is 0. The first-order valence-electron chi connectivity index (χ1n) is 9.90. The van der Waals surface area contributed by atoms with Crippen LogP contribution in [-0.4, -0.2) is 50.5 Å². The Labute approximate surface area is 192 Å². The number of carbonyl (C=O) groups excluding carboxylic acids is 2. The maximum atomic E-state index is 12.7. The molecule has 0 aliphatic heterocycles. The molecule has 11 heteroatoms. The maximum Gasteiger partial charge on any atom is 0.413 e. The fourth-order valence-corrected chi connectivity index (χ4v) is 4.33. The zero-order valence-corrected chi connectivity index (χ0v) is 21.2. The number of nitrogens with one attached hydrogen (secondary N) is 3. The number of nitrogens with zero attached hydrogens (tertiary/aromatic N) is 3. The molecule has 1 rings (SSSR count). The first-order valence-corrected chi connectivity index (χ1v) is 12.5. The summed E-state index contributed by atoms with van der Waals surface area (Å²) in [5.74, 6) is 0.278. The van der Waals surface area contributed by atoms with Gasteiger partial charge in [-0.1, -0.05) is 34.6 Å². The van der Waals surface area contributed by atoms with E-state index in [2.05, 4.69) is 40.0 Å². The normalized spacial score (nSPS) is 12.7. The fourth-order valence-electron chi connectivity index (χ4n) is 2.22. The number of carbonyl (C=O) groups is 2. The number of amides is 2. The van der Waals surface area contributed by atoms with Crippen molar-refractivity contribution < 1.29 is 14.3 Å². The number of allylic oxidation sites excluding steroid dienone is 1. The van der Waals surface area contributed by atoms with Crippen LogP contribution in [0.2, 0.25) is 0 Å². The average molecular weight is 471 g/mol. The second kappa shape index (κ2) is 12.0. The molecule has 2 amide bonds. The first kappa shape index (κ1) is 26.9. The molecule has 0 saturated heterocycles. The molecular formula is C20H34N6O3S2. The smallest absolute Gasteiger partial charge is 0.413 e. The number of aromatic nitrogens is 2. The van der Waals surface area contributed by atoms with Gasteiger partial charge >= 0.3 is 6.09 Å². The molecule has 0 aromatic carbocycles. The highest BCUT2D eigenvalue weighted by molar-refractivity contribution is 8.76. The molecule has 1 aromatic heterocycles. The van der Waals surface area contributed by atoms with Gasteiger partial charge in [-0.05, 0) is 53.4 Å². The minimum absolute atomic E-state index is 0.0194. The molecule has 0 radical (unpaired) electrons. The molecule has 31 heavy (non-hydrogen) atoms. The molecule has 0 fully saturated rings. The van der Waals surface area contributed by atoms with Crippen LogP contribution in [-0.2, 0) is 11.8 Å². The van der Waals surface area contributed by atoms with E-state index < -0.39 is 17.6 Å². The summed E-state index contributed by atoms with van der Waals surface area (Å²) in [4.78, 5) is 28.9. The Balaban J connectivity index is 2.87. The lowest BCUT2D eigenvalue weighted by Gasteiger charge is -2.21. The third-order valence-electron chi connectivity index (χ3n) is 3.47. The molecule has 0 atom stereocenters. The molecule has 0 bridgehead atoms. The number of ether oxygens (including phenoxy) is 1. The molecule has 0 saturated carbocycles. The van der Waals surface area contributed by atoms with Crippen LogP contribution in [0.3, 0.4) is 0 Å². The Bertz CT molecular complexity index is 812. The zero-order chi connectivity index (χ0) is 23.7. The topological polar surface area (TPSA) is 110 Å². The standard InChI is InChI=1S/C20H34N6O3S2/c1-9-10-11-14(25-21-13-20(5,6)31-30-8)23-17(27)16-22-15(12-26(16)7)24-18(28)29-19(2,3)4/h10-12,21H,9,13H2,1-8H3,(H,24,28)(H,23,25,27)/b11-10-. The number of rotatable bonds is 9. The predicted octanol–water partition coefficient (Wildman–Crippen LogP) is 4.16. The van der Waals surface area contributed by atoms with Crippen molar-refractivity contribution in [2.75, 3.05) is 18.1 Å². The second-order valence-corrected chi connectivity index (χ2v) is 11.4. The van der Waals surface area contributed by atoms with Gasteiger partial charge < -0.3 is 20.0 Å². The summed E-state index contributed by atoms with van der Waals surface area (Å²) >= 11 is 0. The summed E-state index contributed by atoms with van der Waals surface area (Å²) in [6.07, 6.45) is 7.37. The predicted molar refractivity (Wildman–Crippen MR) is 131 cm³/mol. The van der Waals surface area contributed by atoms with Crippen molar-refractivity contribution in [2.45, 2.75) is 58.3 Å². The van der Waals surface area contributed by atoms with Gasteiger partial charge in [0, 0.05) is 24.5 Å². The van der Waals surface area contributed by atoms with E-state index in [1.165, 1.54) is 10.8 Å². The van der Waals surface area contributed by atoms with E-state index in [0.717, 1.165) is 6.42 Å². The molecule has 1 heterocycles. The Kier molecular flexibility index (Phi) is 10.4. The lowest BCUT2D eigenvalue weighted by atomic mass is 10.2. The van der Waals surface area contributed by atoms with Gasteiger partial charge in [0.15, 0.2) is 11.7 Å². The molecule has 174 valence electrons. The summed E-state index contributed by atoms with van der Waals surface area (Å²) < 4.78 is 6.71. The van der Waals surface area contributed by atoms with E-state index in [1.54, 1.807) is 55.5 Å². The van der Waals surface area contributed by atoms with Gasteiger partial charge in [-0.2, -0.15) is 5.10 Å². The monoisotopic (exact) mass is 470 g/mol. The van der Waals surface area contributed by atoms with Gasteiger partial charge in [-0.3, -0.25) is 10.1 Å². The van der Waals surface area contributed by atoms with Crippen LogP contribution in [0.15, 0.2) is 23.5 Å². The summed E-state index contributed by atoms with van der Waals surface area (Å²) in [5.41, 5.74) is 2.40. The van der Waals surface area contributed by atoms with Crippen molar-refractivity contribution in [1.82, 2.24) is 20.3 Å². The Morgan fingerprint density at radius 2 is 1.97 bits per heavy atom. The van der Waals surface area contributed by atoms with E-state index in [-0.39, 0.29) is 16.4 Å². The van der Waals surface area contributed by atoms with Gasteiger partial charge in [-0.15, -0.1) is 0 Å². The second-order valence-electron chi connectivity index (χ2n) is 8.29. The third-order valence-corrected chi connectivity index (χ3v) is 6.09. The van der Waals surface area contributed by atoms with Crippen molar-refractivity contribution in [1.29, 1.82) is 0 Å². The highest BCUT2D eigenvalue weighted by Gasteiger charge is 2.20. The summed E-state index contributed by atoms with van der Waals surface area (Å²) in [6.45, 7) is 12.2. The molecule has 1 aromatic rings. The quantitative estimate of drug-likeness (QED) is 0.215. The molecule has 0 unspecified atom stereocenters. The highest BCUT2D eigenvalue weighted by atomic mass is 33.1. The largest absolute Gasteiger partial charge is 0.444 e. The fraction of sp³-hybridized carbons (Fsp3) is 0.600. The number of hydrogen-bond donors (Lipinski definition) is 3. The van der Waals surface area contributed by atoms with Crippen LogP contribution in [0, 0.1) is 0 Å². The van der Waals surface area contributed by atoms with Crippen LogP contribution >= 0.6 is 21.6 Å². The molecule has 0 aliphatic carbocycles. The van der Waals surface area contributed by atoms with Gasteiger partial charge in [0.05, 0.1) is 0 Å². The van der Waals surface area contributed by atoms with Crippen molar-refractivity contribution >= 4 is 45.2 Å². The minimum atomic E-state index is -0.638. The first-order chi connectivity index (χ1) is 14.4. The van der Waals surface area contributed by atoms with Crippen LogP contribution in [0.25, 0.3) is 0 Å². The van der Waals surface area contributed by atoms with Gasteiger partial charge in [0.1, 0.15) is 5.60 Å². The van der Waals surface area contributed by atoms with E-state index in [0.29, 0.717) is 12.4 Å². The Morgan fingerprint density at radius 3 is 2.55 bits per heavy atom. The van der Waals surface area contributed by atoms with Crippen molar-refractivity contribution in [3.63, 3.8) is 0 Å². The number of aryl methyl sites for hydroxylation is 1. The molecule has 0 spiro atoms. The van der Waals surface area contributed by atoms with E-state index >= 15 is 0 Å². The number of amidine groups is 1. The molecule has 3 N–H and O–H groups in total. The minimum Gasteiger partial charge on any atom is -0.444 e. The summed E-state index contributed by atoms with van der Waals surface area (Å²) in [5, 5.41) is 9.60. The molecule has 0 aliphatic rings. The zero-order valence-electron chi connectivity index (χ0n) is 19.5. The lowest BCUT2D eigenvalue weighted by molar-refractivity contribution is 0.0635. The highest BCUT2D eigenvalue weighted by Crippen LogP contribution is 2.32. The SMILES string of the molecule is CC/C=C\C(=N/NCC(C)(C)SSC)NC(=O)c1nc(NC(=O)OC(C)(C)C)cn1C.